The lowest BCUT2D eigenvalue weighted by atomic mass is 9.95. The lowest BCUT2D eigenvalue weighted by molar-refractivity contribution is 0.402. The van der Waals surface area contributed by atoms with E-state index in [1.54, 1.807) is 12.1 Å². The molecule has 2 N–H and O–H groups in total. The van der Waals surface area contributed by atoms with Gasteiger partial charge in [-0.3, -0.25) is 0 Å². The van der Waals surface area contributed by atoms with E-state index in [0.717, 1.165) is 18.4 Å². The summed E-state index contributed by atoms with van der Waals surface area (Å²) in [5.41, 5.74) is 10.4. The molecule has 0 heterocycles. The number of benzene rings is 2. The van der Waals surface area contributed by atoms with Crippen LogP contribution in [0.15, 0.2) is 36.4 Å². The van der Waals surface area contributed by atoms with Crippen LogP contribution >= 0.6 is 0 Å². The quantitative estimate of drug-likeness (QED) is 0.929. The molecule has 1 atom stereocenters. The topological polar surface area (TPSA) is 35.2 Å². The molecular weight excluding hydrogens is 253 g/mol. The Morgan fingerprint density at radius 3 is 2.75 bits per heavy atom. The van der Waals surface area contributed by atoms with E-state index >= 15 is 0 Å². The fraction of sp³-hybridized carbons (Fsp3) is 0.294. The summed E-state index contributed by atoms with van der Waals surface area (Å²) in [6.45, 7) is 0. The molecule has 0 fully saturated rings. The van der Waals surface area contributed by atoms with Crippen LogP contribution in [0, 0.1) is 5.82 Å². The van der Waals surface area contributed by atoms with Gasteiger partial charge in [0.1, 0.15) is 11.6 Å². The minimum absolute atomic E-state index is 0.322. The predicted molar refractivity (Wildman–Crippen MR) is 77.4 cm³/mol. The first-order chi connectivity index (χ1) is 9.70. The molecule has 0 aromatic heterocycles. The molecule has 3 heteroatoms. The Balaban J connectivity index is 2.02. The van der Waals surface area contributed by atoms with E-state index in [2.05, 4.69) is 12.1 Å². The molecule has 0 spiro atoms. The highest BCUT2D eigenvalue weighted by atomic mass is 19.1. The van der Waals surface area contributed by atoms with Gasteiger partial charge in [-0.05, 0) is 48.1 Å². The number of methoxy groups -OCH3 is 1. The van der Waals surface area contributed by atoms with Crippen molar-refractivity contribution in [2.75, 3.05) is 7.11 Å². The van der Waals surface area contributed by atoms with Crippen LogP contribution < -0.4 is 10.5 Å². The third-order valence-electron chi connectivity index (χ3n) is 4.03. The third kappa shape index (κ3) is 2.18. The Bertz CT molecular complexity index is 639. The number of hydrogen-bond acceptors (Lipinski definition) is 2. The van der Waals surface area contributed by atoms with Crippen LogP contribution in [-0.4, -0.2) is 7.11 Å². The summed E-state index contributed by atoms with van der Waals surface area (Å²) in [6, 6.07) is 10.5. The molecule has 2 aromatic carbocycles. The van der Waals surface area contributed by atoms with E-state index in [9.17, 15) is 4.39 Å². The van der Waals surface area contributed by atoms with Crippen molar-refractivity contribution in [2.24, 2.45) is 5.73 Å². The standard InChI is InChI=1S/C17H18FNO/c1-20-15-7-3-6-14(18)16(15)17(19)13-9-8-11-4-2-5-12(11)10-13/h3,6-10,17H,2,4-5,19H2,1H3. The first-order valence-electron chi connectivity index (χ1n) is 6.90. The Kier molecular flexibility index (Phi) is 3.45. The smallest absolute Gasteiger partial charge is 0.132 e. The van der Waals surface area contributed by atoms with Crippen molar-refractivity contribution >= 4 is 0 Å². The van der Waals surface area contributed by atoms with Gasteiger partial charge in [-0.15, -0.1) is 0 Å². The molecule has 0 bridgehead atoms. The Labute approximate surface area is 118 Å². The third-order valence-corrected chi connectivity index (χ3v) is 4.03. The molecule has 0 saturated carbocycles. The van der Waals surface area contributed by atoms with Crippen LogP contribution in [0.4, 0.5) is 4.39 Å². The maximum absolute atomic E-state index is 14.1. The van der Waals surface area contributed by atoms with E-state index in [1.165, 1.54) is 30.7 Å². The van der Waals surface area contributed by atoms with Gasteiger partial charge in [0.2, 0.25) is 0 Å². The van der Waals surface area contributed by atoms with Crippen LogP contribution in [0.3, 0.4) is 0 Å². The molecule has 0 saturated heterocycles. The van der Waals surface area contributed by atoms with E-state index < -0.39 is 6.04 Å². The second kappa shape index (κ2) is 5.25. The van der Waals surface area contributed by atoms with Crippen molar-refractivity contribution in [3.05, 3.63) is 64.5 Å². The lowest BCUT2D eigenvalue weighted by Crippen LogP contribution is -2.15. The average Bonchev–Trinajstić information content (AvgIpc) is 2.93. The van der Waals surface area contributed by atoms with Crippen molar-refractivity contribution in [2.45, 2.75) is 25.3 Å². The van der Waals surface area contributed by atoms with E-state index in [-0.39, 0.29) is 5.82 Å². The highest BCUT2D eigenvalue weighted by molar-refractivity contribution is 5.45. The molecule has 3 rings (SSSR count). The van der Waals surface area contributed by atoms with E-state index in [0.29, 0.717) is 11.3 Å². The number of hydrogen-bond donors (Lipinski definition) is 1. The second-order valence-corrected chi connectivity index (χ2v) is 5.22. The van der Waals surface area contributed by atoms with Gasteiger partial charge in [0.05, 0.1) is 18.7 Å². The molecule has 0 aliphatic heterocycles. The molecule has 2 aromatic rings. The Hall–Kier alpha value is -1.87. The summed E-state index contributed by atoms with van der Waals surface area (Å²) in [5.74, 6) is 0.176. The number of rotatable bonds is 3. The number of halogens is 1. The first-order valence-corrected chi connectivity index (χ1v) is 6.90. The van der Waals surface area contributed by atoms with Crippen LogP contribution in [0.5, 0.6) is 5.75 Å². The molecule has 20 heavy (non-hydrogen) atoms. The fourth-order valence-electron chi connectivity index (χ4n) is 2.95. The average molecular weight is 271 g/mol. The summed E-state index contributed by atoms with van der Waals surface area (Å²) in [4.78, 5) is 0. The molecule has 1 aliphatic rings. The number of aryl methyl sites for hydroxylation is 2. The van der Waals surface area contributed by atoms with Gasteiger partial charge in [0.15, 0.2) is 0 Å². The molecule has 1 unspecified atom stereocenters. The maximum atomic E-state index is 14.1. The molecule has 0 amide bonds. The van der Waals surface area contributed by atoms with Crippen molar-refractivity contribution in [3.63, 3.8) is 0 Å². The van der Waals surface area contributed by atoms with Crippen molar-refractivity contribution < 1.29 is 9.13 Å². The summed E-state index contributed by atoms with van der Waals surface area (Å²) >= 11 is 0. The molecule has 0 radical (unpaired) electrons. The van der Waals surface area contributed by atoms with Gasteiger partial charge in [-0.1, -0.05) is 24.3 Å². The Morgan fingerprint density at radius 1 is 1.15 bits per heavy atom. The van der Waals surface area contributed by atoms with Gasteiger partial charge >= 0.3 is 0 Å². The van der Waals surface area contributed by atoms with Crippen molar-refractivity contribution in [1.29, 1.82) is 0 Å². The Morgan fingerprint density at radius 2 is 1.95 bits per heavy atom. The van der Waals surface area contributed by atoms with Crippen molar-refractivity contribution in [1.82, 2.24) is 0 Å². The maximum Gasteiger partial charge on any atom is 0.132 e. The fourth-order valence-corrected chi connectivity index (χ4v) is 2.95. The second-order valence-electron chi connectivity index (χ2n) is 5.22. The van der Waals surface area contributed by atoms with Gasteiger partial charge < -0.3 is 10.5 Å². The minimum Gasteiger partial charge on any atom is -0.496 e. The normalized spacial score (nSPS) is 14.9. The number of fused-ring (bicyclic) bond motifs is 1. The summed E-state index contributed by atoms with van der Waals surface area (Å²) < 4.78 is 19.3. The molecular formula is C17H18FNO. The molecule has 104 valence electrons. The van der Waals surface area contributed by atoms with Crippen LogP contribution in [0.25, 0.3) is 0 Å². The predicted octanol–water partition coefficient (Wildman–Crippen LogP) is 3.37. The van der Waals surface area contributed by atoms with Crippen LogP contribution in [-0.2, 0) is 12.8 Å². The summed E-state index contributed by atoms with van der Waals surface area (Å²) in [5, 5.41) is 0. The van der Waals surface area contributed by atoms with Gasteiger partial charge in [0.25, 0.3) is 0 Å². The molecule has 2 nitrogen and oxygen atoms in total. The van der Waals surface area contributed by atoms with Crippen LogP contribution in [0.1, 0.15) is 34.7 Å². The highest BCUT2D eigenvalue weighted by Gasteiger charge is 2.20. The summed E-state index contributed by atoms with van der Waals surface area (Å²) in [7, 11) is 1.54. The zero-order chi connectivity index (χ0) is 14.1. The first kappa shape index (κ1) is 13.1. The zero-order valence-electron chi connectivity index (χ0n) is 11.5. The van der Waals surface area contributed by atoms with Crippen molar-refractivity contribution in [3.8, 4) is 5.75 Å². The largest absolute Gasteiger partial charge is 0.496 e. The number of ether oxygens (including phenoxy) is 1. The highest BCUT2D eigenvalue weighted by Crippen LogP contribution is 2.32. The molecule has 1 aliphatic carbocycles. The van der Waals surface area contributed by atoms with Crippen LogP contribution in [0.2, 0.25) is 0 Å². The van der Waals surface area contributed by atoms with Gasteiger partial charge in [-0.2, -0.15) is 0 Å². The summed E-state index contributed by atoms with van der Waals surface area (Å²) in [6.07, 6.45) is 3.41. The lowest BCUT2D eigenvalue weighted by Gasteiger charge is -2.17. The van der Waals surface area contributed by atoms with Gasteiger partial charge in [-0.25, -0.2) is 4.39 Å². The monoisotopic (exact) mass is 271 g/mol. The van der Waals surface area contributed by atoms with E-state index in [1.807, 2.05) is 6.07 Å². The zero-order valence-corrected chi connectivity index (χ0v) is 11.5. The minimum atomic E-state index is -0.503. The van der Waals surface area contributed by atoms with Gasteiger partial charge in [0, 0.05) is 0 Å². The number of nitrogens with two attached hydrogens (primary N) is 1. The van der Waals surface area contributed by atoms with E-state index in [4.69, 9.17) is 10.5 Å². The SMILES string of the molecule is COc1cccc(F)c1C(N)c1ccc2c(c1)CCC2.